The summed E-state index contributed by atoms with van der Waals surface area (Å²) in [6, 6.07) is 74.3. The van der Waals surface area contributed by atoms with E-state index in [0.29, 0.717) is 0 Å². The average molecular weight is 810 g/mol. The number of rotatable bonds is 9. The van der Waals surface area contributed by atoms with E-state index < -0.39 is 0 Å². The fourth-order valence-electron chi connectivity index (χ4n) is 9.78. The Bertz CT molecular complexity index is 3160. The van der Waals surface area contributed by atoms with Crippen molar-refractivity contribution in [2.45, 2.75) is 32.1 Å². The zero-order valence-electron chi connectivity index (χ0n) is 35.6. The lowest BCUT2D eigenvalue weighted by Gasteiger charge is -2.29. The van der Waals surface area contributed by atoms with Gasteiger partial charge in [-0.15, -0.1) is 0 Å². The molecule has 2 aliphatic rings. The first-order valence-electron chi connectivity index (χ1n) is 22.0. The van der Waals surface area contributed by atoms with Crippen LogP contribution in [0.1, 0.15) is 37.8 Å². The predicted molar refractivity (Wildman–Crippen MR) is 266 cm³/mol. The molecule has 1 heterocycles. The number of anilines is 6. The molecule has 3 nitrogen and oxygen atoms in total. The van der Waals surface area contributed by atoms with Gasteiger partial charge >= 0.3 is 0 Å². The van der Waals surface area contributed by atoms with E-state index in [1.54, 1.807) is 5.57 Å². The molecule has 0 saturated carbocycles. The van der Waals surface area contributed by atoms with Gasteiger partial charge in [0, 0.05) is 45.3 Å². The molecule has 0 aliphatic heterocycles. The van der Waals surface area contributed by atoms with Gasteiger partial charge in [-0.1, -0.05) is 171 Å². The maximum Gasteiger partial charge on any atom is 0.137 e. The van der Waals surface area contributed by atoms with Gasteiger partial charge in [0.25, 0.3) is 0 Å². The summed E-state index contributed by atoms with van der Waals surface area (Å²) in [6.07, 6.45) is 8.90. The van der Waals surface area contributed by atoms with Gasteiger partial charge in [0.1, 0.15) is 5.82 Å². The Morgan fingerprint density at radius 1 is 0.460 bits per heavy atom. The zero-order chi connectivity index (χ0) is 42.3. The van der Waals surface area contributed by atoms with Gasteiger partial charge in [0.05, 0.1) is 5.69 Å². The largest absolute Gasteiger partial charge is 0.310 e. The molecule has 0 spiro atoms. The molecule has 0 fully saturated rings. The summed E-state index contributed by atoms with van der Waals surface area (Å²) in [6.45, 7) is 4.78. The topological polar surface area (TPSA) is 19.4 Å². The van der Waals surface area contributed by atoms with Crippen LogP contribution in [-0.2, 0) is 5.41 Å². The third kappa shape index (κ3) is 7.02. The maximum atomic E-state index is 5.24. The Labute approximate surface area is 370 Å². The summed E-state index contributed by atoms with van der Waals surface area (Å²) in [4.78, 5) is 9.91. The van der Waals surface area contributed by atoms with Crippen LogP contribution in [0, 0.1) is 0 Å². The molecule has 2 aliphatic carbocycles. The highest BCUT2D eigenvalue weighted by Crippen LogP contribution is 2.52. The van der Waals surface area contributed by atoms with Crippen molar-refractivity contribution in [2.75, 3.05) is 9.80 Å². The molecule has 0 unspecified atom stereocenters. The second-order valence-corrected chi connectivity index (χ2v) is 17.1. The van der Waals surface area contributed by atoms with Crippen LogP contribution >= 0.6 is 0 Å². The van der Waals surface area contributed by atoms with Crippen molar-refractivity contribution < 1.29 is 0 Å². The standard InChI is InChI=1S/C60H47N3/c1-60(2)56-25-12-11-24-54(56)55-37-36-52(40-57(55)60)63(58-26-14-20-46-19-9-10-23-53(46)58)59-38-31-48(41-61-59)45-29-34-50(35-30-45)62(49-32-27-44(28-33-49)42-15-5-3-6-16-42)51-22-13-21-47(39-51)43-17-7-4-8-18-43/h3-11,13-24,26-41H,12,25H2,1-2H3. The van der Waals surface area contributed by atoms with E-state index in [1.165, 1.54) is 49.7 Å². The van der Waals surface area contributed by atoms with E-state index in [4.69, 9.17) is 4.98 Å². The Balaban J connectivity index is 0.952. The monoisotopic (exact) mass is 809 g/mol. The molecule has 9 aromatic rings. The van der Waals surface area contributed by atoms with Gasteiger partial charge in [-0.3, -0.25) is 4.90 Å². The van der Waals surface area contributed by atoms with Crippen LogP contribution in [0.2, 0.25) is 0 Å². The summed E-state index contributed by atoms with van der Waals surface area (Å²) in [7, 11) is 0. The van der Waals surface area contributed by atoms with E-state index in [9.17, 15) is 0 Å². The van der Waals surface area contributed by atoms with E-state index in [0.717, 1.165) is 58.2 Å². The van der Waals surface area contributed by atoms with Crippen molar-refractivity contribution >= 4 is 50.6 Å². The van der Waals surface area contributed by atoms with E-state index in [2.05, 4.69) is 242 Å². The summed E-state index contributed by atoms with van der Waals surface area (Å²) in [5.41, 5.74) is 18.1. The number of pyridine rings is 1. The normalized spacial score (nSPS) is 13.7. The van der Waals surface area contributed by atoms with Crippen molar-refractivity contribution in [3.8, 4) is 33.4 Å². The molecule has 11 rings (SSSR count). The Kier molecular flexibility index (Phi) is 9.66. The lowest BCUT2D eigenvalue weighted by molar-refractivity contribution is 0.607. The van der Waals surface area contributed by atoms with Gasteiger partial charge in [-0.2, -0.15) is 0 Å². The summed E-state index contributed by atoms with van der Waals surface area (Å²) in [5, 5.41) is 2.39. The van der Waals surface area contributed by atoms with Gasteiger partial charge in [-0.05, 0) is 129 Å². The van der Waals surface area contributed by atoms with Gasteiger partial charge in [0.15, 0.2) is 0 Å². The predicted octanol–water partition coefficient (Wildman–Crippen LogP) is 16.6. The van der Waals surface area contributed by atoms with Crippen LogP contribution in [-0.4, -0.2) is 4.98 Å². The number of aromatic nitrogens is 1. The minimum Gasteiger partial charge on any atom is -0.310 e. The van der Waals surface area contributed by atoms with Crippen LogP contribution in [0.3, 0.4) is 0 Å². The van der Waals surface area contributed by atoms with Gasteiger partial charge in [0.2, 0.25) is 0 Å². The molecule has 302 valence electrons. The highest BCUT2D eigenvalue weighted by molar-refractivity contribution is 5.99. The maximum absolute atomic E-state index is 5.24. The Morgan fingerprint density at radius 2 is 1.03 bits per heavy atom. The van der Waals surface area contributed by atoms with Crippen LogP contribution in [0.4, 0.5) is 34.3 Å². The molecule has 0 N–H and O–H groups in total. The number of hydrogen-bond acceptors (Lipinski definition) is 3. The molecule has 0 atom stereocenters. The number of hydrogen-bond donors (Lipinski definition) is 0. The second kappa shape index (κ2) is 15.9. The minimum atomic E-state index is -0.0365. The molecule has 0 amide bonds. The van der Waals surface area contributed by atoms with Crippen LogP contribution in [0.15, 0.2) is 230 Å². The van der Waals surface area contributed by atoms with Crippen molar-refractivity contribution in [2.24, 2.45) is 0 Å². The Morgan fingerprint density at radius 3 is 1.75 bits per heavy atom. The summed E-state index contributed by atoms with van der Waals surface area (Å²) in [5.74, 6) is 0.878. The third-order valence-electron chi connectivity index (χ3n) is 13.0. The lowest BCUT2D eigenvalue weighted by Crippen LogP contribution is -2.19. The van der Waals surface area contributed by atoms with Crippen molar-refractivity contribution in [1.82, 2.24) is 4.98 Å². The number of nitrogens with zero attached hydrogens (tertiary/aromatic N) is 3. The van der Waals surface area contributed by atoms with Gasteiger partial charge in [-0.25, -0.2) is 4.98 Å². The molecule has 1 aromatic heterocycles. The minimum absolute atomic E-state index is 0.0365. The quantitative estimate of drug-likeness (QED) is 0.145. The summed E-state index contributed by atoms with van der Waals surface area (Å²) >= 11 is 0. The lowest BCUT2D eigenvalue weighted by atomic mass is 9.78. The number of benzene rings is 8. The van der Waals surface area contributed by atoms with Crippen molar-refractivity contribution in [3.63, 3.8) is 0 Å². The molecule has 3 heteroatoms. The number of allylic oxidation sites excluding steroid dienone is 4. The third-order valence-corrected chi connectivity index (χ3v) is 13.0. The molecular weight excluding hydrogens is 763 g/mol. The van der Waals surface area contributed by atoms with Crippen molar-refractivity contribution in [1.29, 1.82) is 0 Å². The molecule has 0 bridgehead atoms. The van der Waals surface area contributed by atoms with Crippen molar-refractivity contribution in [3.05, 3.63) is 241 Å². The highest BCUT2D eigenvalue weighted by atomic mass is 15.2. The highest BCUT2D eigenvalue weighted by Gasteiger charge is 2.38. The SMILES string of the molecule is CC1(C)C2=C(C=CCC2)c2ccc(N(c3ccc(-c4ccc(N(c5ccc(-c6ccccc6)cc5)c5cccc(-c6ccccc6)c5)cc4)cn3)c3cccc4ccccc34)cc21. The Hall–Kier alpha value is -7.75. The summed E-state index contributed by atoms with van der Waals surface area (Å²) < 4.78 is 0. The van der Waals surface area contributed by atoms with E-state index >= 15 is 0 Å². The first-order chi connectivity index (χ1) is 31.0. The molecule has 63 heavy (non-hydrogen) atoms. The fraction of sp³-hybridized carbons (Fsp3) is 0.0833. The smallest absolute Gasteiger partial charge is 0.137 e. The first kappa shape index (κ1) is 38.2. The van der Waals surface area contributed by atoms with Crippen LogP contribution in [0.5, 0.6) is 0 Å². The van der Waals surface area contributed by atoms with Crippen LogP contribution < -0.4 is 9.80 Å². The molecule has 8 aromatic carbocycles. The van der Waals surface area contributed by atoms with E-state index in [1.807, 2.05) is 6.20 Å². The first-order valence-corrected chi connectivity index (χ1v) is 22.0. The number of fused-ring (bicyclic) bond motifs is 3. The molecule has 0 radical (unpaired) electrons. The van der Waals surface area contributed by atoms with Gasteiger partial charge < -0.3 is 4.90 Å². The molecule has 0 saturated heterocycles. The van der Waals surface area contributed by atoms with Crippen LogP contribution in [0.25, 0.3) is 49.7 Å². The fourth-order valence-corrected chi connectivity index (χ4v) is 9.78. The molecular formula is C60H47N3. The second-order valence-electron chi connectivity index (χ2n) is 17.1. The zero-order valence-corrected chi connectivity index (χ0v) is 35.6. The average Bonchev–Trinajstić information content (AvgIpc) is 3.58. The van der Waals surface area contributed by atoms with E-state index in [-0.39, 0.29) is 5.41 Å².